The number of nitrogens with one attached hydrogen (secondary N) is 1. The number of ether oxygens (including phenoxy) is 3. The second-order valence-electron chi connectivity index (χ2n) is 7.00. The van der Waals surface area contributed by atoms with E-state index in [9.17, 15) is 18.0 Å². The predicted octanol–water partition coefficient (Wildman–Crippen LogP) is 4.16. The van der Waals surface area contributed by atoms with Gasteiger partial charge in [0.25, 0.3) is 10.0 Å². The summed E-state index contributed by atoms with van der Waals surface area (Å²) in [6.45, 7) is -0.486. The van der Waals surface area contributed by atoms with Crippen molar-refractivity contribution < 1.29 is 32.2 Å². The average molecular weight is 482 g/mol. The van der Waals surface area contributed by atoms with Crippen molar-refractivity contribution in [2.24, 2.45) is 0 Å². The number of carbonyl (C=O) groups excluding carboxylic acids is 2. The lowest BCUT2D eigenvalue weighted by molar-refractivity contribution is 0.0474. The van der Waals surface area contributed by atoms with Crippen molar-refractivity contribution in [3.8, 4) is 11.5 Å². The van der Waals surface area contributed by atoms with Crippen LogP contribution in [-0.4, -0.2) is 41.0 Å². The first-order chi connectivity index (χ1) is 16.3. The van der Waals surface area contributed by atoms with Crippen LogP contribution in [-0.2, 0) is 14.8 Å². The molecule has 0 aliphatic carbocycles. The minimum absolute atomic E-state index is 0.164. The second-order valence-corrected chi connectivity index (χ2v) is 8.57. The Bertz CT molecular complexity index is 1280. The zero-order valence-corrected chi connectivity index (χ0v) is 19.4. The van der Waals surface area contributed by atoms with Crippen molar-refractivity contribution in [2.45, 2.75) is 0 Å². The van der Waals surface area contributed by atoms with Crippen LogP contribution >= 0.6 is 0 Å². The van der Waals surface area contributed by atoms with Crippen LogP contribution in [0.15, 0.2) is 78.2 Å². The summed E-state index contributed by atoms with van der Waals surface area (Å²) < 4.78 is 42.3. The van der Waals surface area contributed by atoms with Gasteiger partial charge in [-0.15, -0.1) is 0 Å². The lowest BCUT2D eigenvalue weighted by Crippen LogP contribution is -2.15. The number of methoxy groups -OCH3 is 2. The number of esters is 1. The number of Topliss-reactive ketones (excluding diaryl/α,β-unsaturated/α-hetero) is 1. The minimum atomic E-state index is -3.74. The minimum Gasteiger partial charge on any atom is -0.497 e. The Morgan fingerprint density at radius 3 is 2.26 bits per heavy atom. The van der Waals surface area contributed by atoms with Crippen LogP contribution in [0.3, 0.4) is 0 Å². The van der Waals surface area contributed by atoms with Crippen molar-refractivity contribution in [1.82, 2.24) is 0 Å². The number of hydrogen-bond donors (Lipinski definition) is 1. The van der Waals surface area contributed by atoms with Gasteiger partial charge in [-0.3, -0.25) is 9.52 Å². The van der Waals surface area contributed by atoms with Gasteiger partial charge < -0.3 is 14.2 Å². The Labute approximate surface area is 197 Å². The van der Waals surface area contributed by atoms with Gasteiger partial charge >= 0.3 is 5.97 Å². The Balaban J connectivity index is 1.59. The van der Waals surface area contributed by atoms with Crippen LogP contribution < -0.4 is 14.2 Å². The molecule has 8 nitrogen and oxygen atoms in total. The van der Waals surface area contributed by atoms with E-state index in [2.05, 4.69) is 4.72 Å². The highest BCUT2D eigenvalue weighted by Crippen LogP contribution is 2.25. The van der Waals surface area contributed by atoms with Gasteiger partial charge in [-0.1, -0.05) is 30.3 Å². The van der Waals surface area contributed by atoms with E-state index in [1.165, 1.54) is 50.6 Å². The molecule has 0 bridgehead atoms. The molecule has 1 N–H and O–H groups in total. The summed E-state index contributed by atoms with van der Waals surface area (Å²) in [4.78, 5) is 24.8. The molecule has 0 atom stereocenters. The summed E-state index contributed by atoms with van der Waals surface area (Å²) in [7, 11) is -0.825. The predicted molar refractivity (Wildman–Crippen MR) is 129 cm³/mol. The number of rotatable bonds is 10. The Morgan fingerprint density at radius 2 is 1.62 bits per heavy atom. The molecule has 0 aliphatic rings. The number of ketones is 1. The smallest absolute Gasteiger partial charge is 0.338 e. The van der Waals surface area contributed by atoms with Gasteiger partial charge in [0, 0.05) is 11.8 Å². The number of sulfonamides is 1. The van der Waals surface area contributed by atoms with Gasteiger partial charge in [-0.2, -0.15) is 0 Å². The molecule has 34 heavy (non-hydrogen) atoms. The monoisotopic (exact) mass is 481 g/mol. The molecule has 9 heteroatoms. The highest BCUT2D eigenvalue weighted by atomic mass is 32.2. The van der Waals surface area contributed by atoms with E-state index in [0.29, 0.717) is 11.5 Å². The summed E-state index contributed by atoms with van der Waals surface area (Å²) in [6, 6.07) is 19.4. The van der Waals surface area contributed by atoms with Gasteiger partial charge in [0.15, 0.2) is 6.61 Å². The first kappa shape index (κ1) is 24.5. The van der Waals surface area contributed by atoms with Crippen molar-refractivity contribution in [1.29, 1.82) is 0 Å². The highest BCUT2D eigenvalue weighted by Gasteiger charge is 2.16. The third-order valence-electron chi connectivity index (χ3n) is 4.66. The number of carbonyl (C=O) groups is 2. The van der Waals surface area contributed by atoms with Crippen LogP contribution in [0.4, 0.5) is 5.69 Å². The molecule has 0 amide bonds. The standard InChI is InChI=1S/C25H23NO7S/c1-31-21-12-13-22(24(16-21)32-2)23(27)17-33-25(28)19-8-10-20(11-9-19)26-34(29,30)15-14-18-6-4-3-5-7-18/h3-16,26H,17H2,1-2H3. The molecule has 0 aliphatic heterocycles. The van der Waals surface area contributed by atoms with E-state index >= 15 is 0 Å². The first-order valence-corrected chi connectivity index (χ1v) is 11.6. The summed E-state index contributed by atoms with van der Waals surface area (Å²) in [5.41, 5.74) is 1.43. The van der Waals surface area contributed by atoms with E-state index in [-0.39, 0.29) is 16.8 Å². The SMILES string of the molecule is COc1ccc(C(=O)COC(=O)c2ccc(NS(=O)(=O)C=Cc3ccccc3)cc2)c(OC)c1. The second kappa shape index (κ2) is 11.2. The molecule has 3 aromatic carbocycles. The Morgan fingerprint density at radius 1 is 0.912 bits per heavy atom. The first-order valence-electron chi connectivity index (χ1n) is 10.1. The molecule has 0 aromatic heterocycles. The Kier molecular flexibility index (Phi) is 8.05. The van der Waals surface area contributed by atoms with Crippen molar-refractivity contribution in [3.63, 3.8) is 0 Å². The Hall–Kier alpha value is -4.11. The normalized spacial score (nSPS) is 11.1. The van der Waals surface area contributed by atoms with Crippen molar-refractivity contribution in [3.05, 3.63) is 94.9 Å². The average Bonchev–Trinajstić information content (AvgIpc) is 2.86. The topological polar surface area (TPSA) is 108 Å². The summed E-state index contributed by atoms with van der Waals surface area (Å²) in [5.74, 6) is -0.336. The summed E-state index contributed by atoms with van der Waals surface area (Å²) in [5, 5.41) is 1.06. The van der Waals surface area contributed by atoms with Gasteiger partial charge in [-0.05, 0) is 48.0 Å². The molecular weight excluding hydrogens is 458 g/mol. The van der Waals surface area contributed by atoms with E-state index in [1.54, 1.807) is 36.4 Å². The fourth-order valence-corrected chi connectivity index (χ4v) is 3.79. The molecular formula is C25H23NO7S. The molecule has 176 valence electrons. The molecule has 0 saturated heterocycles. The molecule has 0 unspecified atom stereocenters. The van der Waals surface area contributed by atoms with Crippen LogP contribution in [0.1, 0.15) is 26.3 Å². The summed E-state index contributed by atoms with van der Waals surface area (Å²) >= 11 is 0. The van der Waals surface area contributed by atoms with E-state index in [4.69, 9.17) is 14.2 Å². The van der Waals surface area contributed by atoms with Gasteiger partial charge in [0.1, 0.15) is 11.5 Å². The van der Waals surface area contributed by atoms with E-state index in [0.717, 1.165) is 11.0 Å². The van der Waals surface area contributed by atoms with E-state index < -0.39 is 28.4 Å². The molecule has 0 heterocycles. The third-order valence-corrected chi connectivity index (χ3v) is 5.68. The number of hydrogen-bond acceptors (Lipinski definition) is 7. The molecule has 3 rings (SSSR count). The molecule has 0 fully saturated rings. The lowest BCUT2D eigenvalue weighted by atomic mass is 10.1. The third kappa shape index (κ3) is 6.69. The van der Waals surface area contributed by atoms with Crippen LogP contribution in [0, 0.1) is 0 Å². The maximum Gasteiger partial charge on any atom is 0.338 e. The van der Waals surface area contributed by atoms with Gasteiger partial charge in [0.2, 0.25) is 5.78 Å². The van der Waals surface area contributed by atoms with Crippen LogP contribution in [0.2, 0.25) is 0 Å². The molecule has 0 radical (unpaired) electrons. The van der Waals surface area contributed by atoms with Gasteiger partial charge in [-0.25, -0.2) is 13.2 Å². The van der Waals surface area contributed by atoms with Crippen molar-refractivity contribution in [2.75, 3.05) is 25.5 Å². The van der Waals surface area contributed by atoms with E-state index in [1.807, 2.05) is 6.07 Å². The van der Waals surface area contributed by atoms with Crippen LogP contribution in [0.25, 0.3) is 6.08 Å². The molecule has 0 saturated carbocycles. The number of benzene rings is 3. The quantitative estimate of drug-likeness (QED) is 0.342. The van der Waals surface area contributed by atoms with Crippen LogP contribution in [0.5, 0.6) is 11.5 Å². The zero-order chi connectivity index (χ0) is 24.6. The maximum atomic E-state index is 12.5. The maximum absolute atomic E-state index is 12.5. The fraction of sp³-hybridized carbons (Fsp3) is 0.120. The van der Waals surface area contributed by atoms with Gasteiger partial charge in [0.05, 0.1) is 30.8 Å². The fourth-order valence-electron chi connectivity index (χ4n) is 2.93. The summed E-state index contributed by atoms with van der Waals surface area (Å²) in [6.07, 6.45) is 1.48. The zero-order valence-electron chi connectivity index (χ0n) is 18.6. The van der Waals surface area contributed by atoms with Crippen molar-refractivity contribution >= 4 is 33.5 Å². The largest absolute Gasteiger partial charge is 0.497 e. The molecule has 3 aromatic rings. The molecule has 0 spiro atoms. The number of anilines is 1. The lowest BCUT2D eigenvalue weighted by Gasteiger charge is -2.10. The highest BCUT2D eigenvalue weighted by molar-refractivity contribution is 7.95.